The van der Waals surface area contributed by atoms with Gasteiger partial charge in [-0.15, -0.1) is 0 Å². The van der Waals surface area contributed by atoms with Crippen LogP contribution in [0.4, 0.5) is 0 Å². The van der Waals surface area contributed by atoms with Crippen LogP contribution >= 0.6 is 0 Å². The van der Waals surface area contributed by atoms with Crippen LogP contribution in [0, 0.1) is 5.92 Å². The number of nitrogens with zero attached hydrogens (tertiary/aromatic N) is 3. The fourth-order valence-electron chi connectivity index (χ4n) is 2.80. The minimum absolute atomic E-state index is 0.481. The van der Waals surface area contributed by atoms with Crippen LogP contribution in [0.1, 0.15) is 58.7 Å². The summed E-state index contributed by atoms with van der Waals surface area (Å²) in [5.74, 6) is 2.14. The highest BCUT2D eigenvalue weighted by atomic mass is 16.5. The Balaban J connectivity index is 1.90. The first-order valence-electron chi connectivity index (χ1n) is 8.33. The lowest BCUT2D eigenvalue weighted by Crippen LogP contribution is -2.45. The average Bonchev–Trinajstić information content (AvgIpc) is 2.85. The topological polar surface area (TPSA) is 54.2 Å². The molecule has 0 radical (unpaired) electrons. The first-order valence-corrected chi connectivity index (χ1v) is 8.33. The van der Waals surface area contributed by atoms with Crippen LogP contribution in [-0.2, 0) is 13.0 Å². The average molecular weight is 294 g/mol. The molecule has 0 amide bonds. The summed E-state index contributed by atoms with van der Waals surface area (Å²) in [5.41, 5.74) is 0. The molecule has 2 heterocycles. The molecule has 1 fully saturated rings. The van der Waals surface area contributed by atoms with E-state index in [1.807, 2.05) is 0 Å². The molecule has 1 aromatic rings. The van der Waals surface area contributed by atoms with Gasteiger partial charge >= 0.3 is 0 Å². The van der Waals surface area contributed by atoms with E-state index in [9.17, 15) is 0 Å². The third kappa shape index (κ3) is 5.40. The summed E-state index contributed by atoms with van der Waals surface area (Å²) >= 11 is 0. The summed E-state index contributed by atoms with van der Waals surface area (Å²) < 4.78 is 5.41. The van der Waals surface area contributed by atoms with Crippen molar-refractivity contribution in [2.75, 3.05) is 13.1 Å². The molecule has 1 N–H and O–H groups in total. The zero-order valence-corrected chi connectivity index (χ0v) is 13.9. The van der Waals surface area contributed by atoms with Crippen molar-refractivity contribution >= 4 is 0 Å². The van der Waals surface area contributed by atoms with Crippen LogP contribution < -0.4 is 5.32 Å². The smallest absolute Gasteiger partial charge is 0.240 e. The molecule has 0 bridgehead atoms. The van der Waals surface area contributed by atoms with Crippen molar-refractivity contribution in [1.29, 1.82) is 0 Å². The Bertz CT molecular complexity index is 410. The molecule has 5 nitrogen and oxygen atoms in total. The molecule has 0 aliphatic carbocycles. The quantitative estimate of drug-likeness (QED) is 0.838. The number of hydrogen-bond donors (Lipinski definition) is 1. The molecule has 1 unspecified atom stereocenters. The Morgan fingerprint density at radius 3 is 2.71 bits per heavy atom. The van der Waals surface area contributed by atoms with Crippen LogP contribution in [-0.4, -0.2) is 40.2 Å². The molecule has 1 atom stereocenters. The van der Waals surface area contributed by atoms with Crippen molar-refractivity contribution in [3.8, 4) is 0 Å². The van der Waals surface area contributed by atoms with E-state index >= 15 is 0 Å². The second kappa shape index (κ2) is 7.90. The molecule has 120 valence electrons. The van der Waals surface area contributed by atoms with E-state index in [2.05, 4.69) is 48.1 Å². The van der Waals surface area contributed by atoms with Crippen molar-refractivity contribution < 1.29 is 4.52 Å². The van der Waals surface area contributed by atoms with Gasteiger partial charge in [0.15, 0.2) is 5.82 Å². The van der Waals surface area contributed by atoms with Crippen LogP contribution in [0.5, 0.6) is 0 Å². The molecular formula is C16H30N4O. The van der Waals surface area contributed by atoms with Gasteiger partial charge < -0.3 is 9.84 Å². The van der Waals surface area contributed by atoms with Gasteiger partial charge in [-0.1, -0.05) is 25.4 Å². The van der Waals surface area contributed by atoms with E-state index in [1.165, 1.54) is 19.3 Å². The van der Waals surface area contributed by atoms with Gasteiger partial charge in [0.25, 0.3) is 0 Å². The third-order valence-electron chi connectivity index (χ3n) is 4.04. The molecule has 5 heteroatoms. The summed E-state index contributed by atoms with van der Waals surface area (Å²) in [5, 5.41) is 7.70. The molecular weight excluding hydrogens is 264 g/mol. The molecule has 0 saturated carbocycles. The number of nitrogens with one attached hydrogen (secondary N) is 1. The lowest BCUT2D eigenvalue weighted by Gasteiger charge is -2.32. The fraction of sp³-hybridized carbons (Fsp3) is 0.875. The van der Waals surface area contributed by atoms with Crippen LogP contribution in [0.3, 0.4) is 0 Å². The lowest BCUT2D eigenvalue weighted by molar-refractivity contribution is 0.157. The van der Waals surface area contributed by atoms with Gasteiger partial charge in [0.1, 0.15) is 0 Å². The predicted molar refractivity (Wildman–Crippen MR) is 84.0 cm³/mol. The summed E-state index contributed by atoms with van der Waals surface area (Å²) in [6.45, 7) is 11.8. The van der Waals surface area contributed by atoms with Crippen molar-refractivity contribution in [3.05, 3.63) is 11.7 Å². The number of rotatable bonds is 7. The first kappa shape index (κ1) is 16.4. The normalized spacial score (nSPS) is 19.9. The maximum absolute atomic E-state index is 5.41. The highest BCUT2D eigenvalue weighted by Gasteiger charge is 2.20. The maximum atomic E-state index is 5.41. The van der Waals surface area contributed by atoms with Gasteiger partial charge in [-0.2, -0.15) is 4.98 Å². The summed E-state index contributed by atoms with van der Waals surface area (Å²) in [6.07, 6.45) is 4.80. The van der Waals surface area contributed by atoms with Crippen LogP contribution in [0.25, 0.3) is 0 Å². The van der Waals surface area contributed by atoms with Crippen molar-refractivity contribution in [1.82, 2.24) is 20.4 Å². The standard InChI is InChI=1S/C16H30N4O/c1-12(2)9-15-18-16(21-19-15)11-20(13(3)4)10-14-7-5-6-8-17-14/h12-14,17H,5-11H2,1-4H3. The largest absolute Gasteiger partial charge is 0.338 e. The van der Waals surface area contributed by atoms with Crippen molar-refractivity contribution in [2.24, 2.45) is 5.92 Å². The Kier molecular flexibility index (Phi) is 6.18. The number of piperidine rings is 1. The fourth-order valence-corrected chi connectivity index (χ4v) is 2.80. The molecule has 0 aromatic carbocycles. The zero-order chi connectivity index (χ0) is 15.2. The molecule has 1 saturated heterocycles. The van der Waals surface area contributed by atoms with Gasteiger partial charge in [0.2, 0.25) is 5.89 Å². The number of aromatic nitrogens is 2. The molecule has 1 aliphatic heterocycles. The van der Waals surface area contributed by atoms with Gasteiger partial charge in [-0.25, -0.2) is 0 Å². The van der Waals surface area contributed by atoms with Crippen LogP contribution in [0.2, 0.25) is 0 Å². The Morgan fingerprint density at radius 1 is 1.29 bits per heavy atom. The van der Waals surface area contributed by atoms with Gasteiger partial charge in [-0.05, 0) is 39.2 Å². The van der Waals surface area contributed by atoms with Crippen molar-refractivity contribution in [2.45, 2.75) is 72.0 Å². The molecule has 21 heavy (non-hydrogen) atoms. The number of hydrogen-bond acceptors (Lipinski definition) is 5. The van der Waals surface area contributed by atoms with Gasteiger partial charge in [-0.3, -0.25) is 4.90 Å². The highest BCUT2D eigenvalue weighted by Crippen LogP contribution is 2.13. The maximum Gasteiger partial charge on any atom is 0.240 e. The SMILES string of the molecule is CC(C)Cc1noc(CN(CC2CCCCN2)C(C)C)n1. The van der Waals surface area contributed by atoms with Gasteiger partial charge in [0, 0.05) is 25.0 Å². The van der Waals surface area contributed by atoms with Crippen LogP contribution in [0.15, 0.2) is 4.52 Å². The third-order valence-corrected chi connectivity index (χ3v) is 4.04. The van der Waals surface area contributed by atoms with Crippen molar-refractivity contribution in [3.63, 3.8) is 0 Å². The van der Waals surface area contributed by atoms with E-state index in [0.717, 1.165) is 37.8 Å². The summed E-state index contributed by atoms with van der Waals surface area (Å²) in [4.78, 5) is 6.95. The van der Waals surface area contributed by atoms with E-state index < -0.39 is 0 Å². The van der Waals surface area contributed by atoms with E-state index in [1.54, 1.807) is 0 Å². The molecule has 1 aromatic heterocycles. The second-order valence-corrected chi connectivity index (χ2v) is 6.87. The molecule has 2 rings (SSSR count). The minimum Gasteiger partial charge on any atom is -0.338 e. The van der Waals surface area contributed by atoms with Gasteiger partial charge in [0.05, 0.1) is 6.54 Å². The first-order chi connectivity index (χ1) is 10.0. The lowest BCUT2D eigenvalue weighted by atomic mass is 10.0. The second-order valence-electron chi connectivity index (χ2n) is 6.87. The minimum atomic E-state index is 0.481. The Labute approximate surface area is 128 Å². The van der Waals surface area contributed by atoms with E-state index in [4.69, 9.17) is 4.52 Å². The van der Waals surface area contributed by atoms with E-state index in [-0.39, 0.29) is 0 Å². The molecule has 1 aliphatic rings. The Hall–Kier alpha value is -0.940. The monoisotopic (exact) mass is 294 g/mol. The Morgan fingerprint density at radius 2 is 2.10 bits per heavy atom. The summed E-state index contributed by atoms with van der Waals surface area (Å²) in [7, 11) is 0. The van der Waals surface area contributed by atoms with E-state index in [0.29, 0.717) is 18.0 Å². The highest BCUT2D eigenvalue weighted by molar-refractivity contribution is 4.89. The predicted octanol–water partition coefficient (Wildman–Crippen LogP) is 2.62. The summed E-state index contributed by atoms with van der Waals surface area (Å²) in [6, 6.07) is 1.08. The molecule has 0 spiro atoms. The zero-order valence-electron chi connectivity index (χ0n) is 13.9.